The Balaban J connectivity index is 2.39. The van der Waals surface area contributed by atoms with Crippen LogP contribution in [0.3, 0.4) is 0 Å². The first-order valence-electron chi connectivity index (χ1n) is 7.28. The van der Waals surface area contributed by atoms with Crippen LogP contribution in [0.1, 0.15) is 32.3 Å². The fraction of sp³-hybridized carbons (Fsp3) is 0.500. The Morgan fingerprint density at radius 3 is 2.43 bits per heavy atom. The third-order valence-electron chi connectivity index (χ3n) is 3.10. The lowest BCUT2D eigenvalue weighted by Crippen LogP contribution is -2.42. The predicted octanol–water partition coefficient (Wildman–Crippen LogP) is 1.58. The van der Waals surface area contributed by atoms with Gasteiger partial charge in [-0.15, -0.1) is 0 Å². The monoisotopic (exact) mass is 292 g/mol. The fourth-order valence-electron chi connectivity index (χ4n) is 1.95. The molecule has 1 amide bonds. The quantitative estimate of drug-likeness (QED) is 0.645. The largest absolute Gasteiger partial charge is 0.480 e. The van der Waals surface area contributed by atoms with Gasteiger partial charge in [-0.1, -0.05) is 44.2 Å². The number of hydrogen-bond acceptors (Lipinski definition) is 3. The van der Waals surface area contributed by atoms with Crippen LogP contribution in [-0.2, 0) is 16.0 Å². The molecule has 0 saturated carbocycles. The number of rotatable bonds is 9. The molecule has 1 aromatic rings. The highest BCUT2D eigenvalue weighted by atomic mass is 16.4. The van der Waals surface area contributed by atoms with Gasteiger partial charge in [0.25, 0.3) is 0 Å². The second-order valence-electron chi connectivity index (χ2n) is 5.34. The number of amides is 1. The summed E-state index contributed by atoms with van der Waals surface area (Å²) >= 11 is 0. The zero-order chi connectivity index (χ0) is 15.7. The highest BCUT2D eigenvalue weighted by Crippen LogP contribution is 2.05. The predicted molar refractivity (Wildman–Crippen MR) is 82.1 cm³/mol. The van der Waals surface area contributed by atoms with Crippen molar-refractivity contribution in [1.29, 1.82) is 0 Å². The molecule has 1 unspecified atom stereocenters. The highest BCUT2D eigenvalue weighted by Gasteiger charge is 2.19. The zero-order valence-corrected chi connectivity index (χ0v) is 12.6. The van der Waals surface area contributed by atoms with Gasteiger partial charge in [-0.2, -0.15) is 0 Å². The SMILES string of the molecule is CC(C)NCCC(=O)NC(CCc1ccccc1)C(=O)O. The Morgan fingerprint density at radius 2 is 1.86 bits per heavy atom. The Morgan fingerprint density at radius 1 is 1.19 bits per heavy atom. The van der Waals surface area contributed by atoms with Crippen molar-refractivity contribution in [1.82, 2.24) is 10.6 Å². The molecular formula is C16H24N2O3. The van der Waals surface area contributed by atoms with Gasteiger partial charge in [-0.3, -0.25) is 4.79 Å². The van der Waals surface area contributed by atoms with Crippen LogP contribution in [-0.4, -0.2) is 35.6 Å². The molecule has 116 valence electrons. The molecule has 0 spiro atoms. The molecule has 0 bridgehead atoms. The van der Waals surface area contributed by atoms with Gasteiger partial charge in [-0.25, -0.2) is 4.79 Å². The van der Waals surface area contributed by atoms with Crippen molar-refractivity contribution < 1.29 is 14.7 Å². The van der Waals surface area contributed by atoms with Crippen LogP contribution in [0.15, 0.2) is 30.3 Å². The Hall–Kier alpha value is -1.88. The summed E-state index contributed by atoms with van der Waals surface area (Å²) in [6, 6.07) is 9.13. The molecule has 1 aromatic carbocycles. The number of carboxylic acid groups (broad SMARTS) is 1. The Bertz CT molecular complexity index is 446. The van der Waals surface area contributed by atoms with Crippen LogP contribution in [0.25, 0.3) is 0 Å². The summed E-state index contributed by atoms with van der Waals surface area (Å²) in [5.41, 5.74) is 1.07. The van der Waals surface area contributed by atoms with E-state index in [0.717, 1.165) is 5.56 Å². The van der Waals surface area contributed by atoms with Crippen LogP contribution < -0.4 is 10.6 Å². The topological polar surface area (TPSA) is 78.4 Å². The molecule has 0 radical (unpaired) electrons. The van der Waals surface area contributed by atoms with Crippen molar-refractivity contribution >= 4 is 11.9 Å². The maximum atomic E-state index is 11.7. The van der Waals surface area contributed by atoms with Gasteiger partial charge < -0.3 is 15.7 Å². The van der Waals surface area contributed by atoms with Crippen molar-refractivity contribution in [3.63, 3.8) is 0 Å². The molecule has 1 atom stereocenters. The second kappa shape index (κ2) is 9.13. The van der Waals surface area contributed by atoms with E-state index in [-0.39, 0.29) is 12.3 Å². The first-order valence-corrected chi connectivity index (χ1v) is 7.28. The molecule has 3 N–H and O–H groups in total. The number of carbonyl (C=O) groups is 2. The van der Waals surface area contributed by atoms with E-state index in [9.17, 15) is 14.7 Å². The minimum atomic E-state index is -0.990. The maximum absolute atomic E-state index is 11.7. The second-order valence-corrected chi connectivity index (χ2v) is 5.34. The van der Waals surface area contributed by atoms with Crippen molar-refractivity contribution in [3.8, 4) is 0 Å². The first-order chi connectivity index (χ1) is 9.99. The minimum Gasteiger partial charge on any atom is -0.480 e. The van der Waals surface area contributed by atoms with E-state index in [1.165, 1.54) is 0 Å². The van der Waals surface area contributed by atoms with Gasteiger partial charge in [0.1, 0.15) is 6.04 Å². The molecule has 0 aliphatic carbocycles. The molecule has 5 nitrogen and oxygen atoms in total. The van der Waals surface area contributed by atoms with Gasteiger partial charge in [-0.05, 0) is 18.4 Å². The molecular weight excluding hydrogens is 268 g/mol. The molecule has 0 aliphatic rings. The summed E-state index contributed by atoms with van der Waals surface area (Å²) in [4.78, 5) is 22.9. The van der Waals surface area contributed by atoms with Crippen molar-refractivity contribution in [2.45, 2.75) is 45.2 Å². The molecule has 21 heavy (non-hydrogen) atoms. The van der Waals surface area contributed by atoms with Crippen molar-refractivity contribution in [2.75, 3.05) is 6.54 Å². The third kappa shape index (κ3) is 7.46. The Labute approximate surface area is 125 Å². The number of aryl methyl sites for hydroxylation is 1. The van der Waals surface area contributed by atoms with E-state index >= 15 is 0 Å². The Kier molecular flexibility index (Phi) is 7.46. The van der Waals surface area contributed by atoms with E-state index in [1.807, 2.05) is 44.2 Å². The van der Waals surface area contributed by atoms with E-state index in [0.29, 0.717) is 25.4 Å². The average Bonchev–Trinajstić information content (AvgIpc) is 2.43. The van der Waals surface area contributed by atoms with Crippen molar-refractivity contribution in [3.05, 3.63) is 35.9 Å². The number of hydrogen-bond donors (Lipinski definition) is 3. The summed E-state index contributed by atoms with van der Waals surface area (Å²) < 4.78 is 0. The summed E-state index contributed by atoms with van der Waals surface area (Å²) in [5, 5.41) is 14.9. The lowest BCUT2D eigenvalue weighted by Gasteiger charge is -2.15. The van der Waals surface area contributed by atoms with Crippen LogP contribution in [0.4, 0.5) is 0 Å². The summed E-state index contributed by atoms with van der Waals surface area (Å²) in [6.45, 7) is 4.55. The van der Waals surface area contributed by atoms with E-state index < -0.39 is 12.0 Å². The molecule has 1 rings (SSSR count). The summed E-state index contributed by atoms with van der Waals surface area (Å²) in [7, 11) is 0. The molecule has 0 fully saturated rings. The van der Waals surface area contributed by atoms with Gasteiger partial charge in [0, 0.05) is 19.0 Å². The van der Waals surface area contributed by atoms with Crippen LogP contribution in [0.5, 0.6) is 0 Å². The molecule has 5 heteroatoms. The number of carboxylic acids is 1. The van der Waals surface area contributed by atoms with E-state index in [4.69, 9.17) is 0 Å². The van der Waals surface area contributed by atoms with Crippen molar-refractivity contribution in [2.24, 2.45) is 0 Å². The standard InChI is InChI=1S/C16H24N2O3/c1-12(2)17-11-10-15(19)18-14(16(20)21)9-8-13-6-4-3-5-7-13/h3-7,12,14,17H,8-11H2,1-2H3,(H,18,19)(H,20,21). The first kappa shape index (κ1) is 17.2. The smallest absolute Gasteiger partial charge is 0.326 e. The fourth-order valence-corrected chi connectivity index (χ4v) is 1.95. The van der Waals surface area contributed by atoms with E-state index in [2.05, 4.69) is 10.6 Å². The van der Waals surface area contributed by atoms with Gasteiger partial charge in [0.2, 0.25) is 5.91 Å². The van der Waals surface area contributed by atoms with E-state index in [1.54, 1.807) is 0 Å². The maximum Gasteiger partial charge on any atom is 0.326 e. The summed E-state index contributed by atoms with van der Waals surface area (Å²) in [6.07, 6.45) is 1.30. The van der Waals surface area contributed by atoms with Crippen LogP contribution in [0.2, 0.25) is 0 Å². The third-order valence-corrected chi connectivity index (χ3v) is 3.10. The highest BCUT2D eigenvalue weighted by molar-refractivity contribution is 5.83. The van der Waals surface area contributed by atoms with Gasteiger partial charge in [0.15, 0.2) is 0 Å². The average molecular weight is 292 g/mol. The molecule has 0 aromatic heterocycles. The number of carbonyl (C=O) groups excluding carboxylic acids is 1. The molecule has 0 heterocycles. The number of nitrogens with one attached hydrogen (secondary N) is 2. The zero-order valence-electron chi connectivity index (χ0n) is 12.6. The minimum absolute atomic E-state index is 0.233. The molecule has 0 aliphatic heterocycles. The lowest BCUT2D eigenvalue weighted by molar-refractivity contribution is -0.142. The van der Waals surface area contributed by atoms with Gasteiger partial charge in [0.05, 0.1) is 0 Å². The van der Waals surface area contributed by atoms with Crippen LogP contribution in [0, 0.1) is 0 Å². The lowest BCUT2D eigenvalue weighted by atomic mass is 10.1. The number of benzene rings is 1. The van der Waals surface area contributed by atoms with Gasteiger partial charge >= 0.3 is 5.97 Å². The number of aliphatic carboxylic acids is 1. The molecule has 0 saturated heterocycles. The normalized spacial score (nSPS) is 12.1. The summed E-state index contributed by atoms with van der Waals surface area (Å²) in [5.74, 6) is -1.22. The van der Waals surface area contributed by atoms with Crippen LogP contribution >= 0.6 is 0 Å².